The van der Waals surface area contributed by atoms with Crippen molar-refractivity contribution in [3.8, 4) is 11.1 Å². The highest BCUT2D eigenvalue weighted by molar-refractivity contribution is 5.79. The lowest BCUT2D eigenvalue weighted by molar-refractivity contribution is -0.249. The number of rotatable bonds is 77. The van der Waals surface area contributed by atoms with Gasteiger partial charge in [0.25, 0.3) is 0 Å². The van der Waals surface area contributed by atoms with E-state index in [-0.39, 0.29) is 81.2 Å². The summed E-state index contributed by atoms with van der Waals surface area (Å²) in [6.45, 7) is 21.0. The summed E-state index contributed by atoms with van der Waals surface area (Å²) < 4.78 is 88.6. The van der Waals surface area contributed by atoms with E-state index < -0.39 is 18.0 Å². The molecule has 9 rings (SSSR count). The molecule has 1 aliphatic carbocycles. The molecule has 0 heterocycles. The van der Waals surface area contributed by atoms with Gasteiger partial charge in [0.1, 0.15) is 32.0 Å². The smallest absolute Gasteiger partial charge is 0.407 e. The molecule has 0 unspecified atom stereocenters. The number of carbonyl (C=O) groups excluding carboxylic acids is 2. The van der Waals surface area contributed by atoms with Gasteiger partial charge in [0.15, 0.2) is 0 Å². The molecule has 1 aliphatic rings. The molecule has 0 saturated carbocycles. The number of benzene rings is 8. The highest BCUT2D eigenvalue weighted by atomic mass is 17.1. The van der Waals surface area contributed by atoms with Gasteiger partial charge in [-0.2, -0.15) is 0 Å². The van der Waals surface area contributed by atoms with E-state index in [0.29, 0.717) is 185 Å². The van der Waals surface area contributed by atoms with Crippen molar-refractivity contribution < 1.29 is 130 Å². The molecule has 29 heteroatoms. The van der Waals surface area contributed by atoms with Gasteiger partial charge in [0.2, 0.25) is 0 Å². The topological polar surface area (TPSA) is 374 Å². The molecule has 0 radical (unpaired) electrons. The number of carboxylic acid groups (broad SMARTS) is 2. The molecule has 0 fully saturated rings. The fourth-order valence-electron chi connectivity index (χ4n) is 15.8. The molecule has 8 N–H and O–H groups in total. The van der Waals surface area contributed by atoms with Crippen LogP contribution in [0.3, 0.4) is 0 Å². The third kappa shape index (κ3) is 59.4. The maximum Gasteiger partial charge on any atom is 0.407 e. The van der Waals surface area contributed by atoms with Crippen LogP contribution < -0.4 is 11.1 Å². The van der Waals surface area contributed by atoms with Gasteiger partial charge in [-0.3, -0.25) is 10.1 Å². The van der Waals surface area contributed by atoms with E-state index in [9.17, 15) is 19.2 Å². The Labute approximate surface area is 857 Å². The second-order valence-corrected chi connectivity index (χ2v) is 34.7. The van der Waals surface area contributed by atoms with Crippen LogP contribution in [-0.4, -0.2) is 294 Å². The molecule has 0 spiro atoms. The number of ether oxygens (including phenoxy) is 17. The van der Waals surface area contributed by atoms with Crippen molar-refractivity contribution in [3.63, 3.8) is 0 Å². The van der Waals surface area contributed by atoms with Crippen LogP contribution in [0.15, 0.2) is 231 Å². The van der Waals surface area contributed by atoms with Gasteiger partial charge in [-0.1, -0.05) is 321 Å². The van der Waals surface area contributed by atoms with Gasteiger partial charge in [-0.25, -0.2) is 19.3 Å². The highest BCUT2D eigenvalue weighted by Crippen LogP contribution is 2.47. The second kappa shape index (κ2) is 86.7. The van der Waals surface area contributed by atoms with Gasteiger partial charge in [0, 0.05) is 56.6 Å². The van der Waals surface area contributed by atoms with E-state index in [1.54, 1.807) is 7.11 Å². The number of aliphatic hydroxyl groups excluding tert-OH is 2. The van der Waals surface area contributed by atoms with Crippen LogP contribution in [0.1, 0.15) is 200 Å². The minimum absolute atomic E-state index is 0.0285. The third-order valence-corrected chi connectivity index (χ3v) is 22.6. The molecular formula is C115H170N2O27. The lowest BCUT2D eigenvalue weighted by Gasteiger charge is -2.36. The summed E-state index contributed by atoms with van der Waals surface area (Å²) in [4.78, 5) is 46.9. The van der Waals surface area contributed by atoms with E-state index in [0.717, 1.165) is 32.1 Å². The number of unbranched alkanes of at least 4 members (excludes halogenated alkanes) is 13. The quantitative estimate of drug-likeness (QED) is 0.00612. The Balaban J connectivity index is 0.000000413. The van der Waals surface area contributed by atoms with Crippen LogP contribution in [0, 0.1) is 0 Å². The van der Waals surface area contributed by atoms with Gasteiger partial charge < -0.3 is 112 Å². The number of alkyl carbamates (subject to hydrolysis) is 1. The lowest BCUT2D eigenvalue weighted by Crippen LogP contribution is -2.29. The average Bonchev–Trinajstić information content (AvgIpc) is 1.56. The van der Waals surface area contributed by atoms with Gasteiger partial charge in [0.05, 0.1) is 178 Å². The van der Waals surface area contributed by atoms with E-state index in [1.165, 1.54) is 139 Å². The summed E-state index contributed by atoms with van der Waals surface area (Å²) in [6.07, 6.45) is 22.4. The number of aliphatic hydroxyl groups is 2. The summed E-state index contributed by atoms with van der Waals surface area (Å²) in [5.41, 5.74) is 17.3. The Hall–Kier alpha value is -9.36. The van der Waals surface area contributed by atoms with Crippen LogP contribution in [-0.2, 0) is 111 Å². The standard InChI is InChI=1S/C53H60.C24H50O13.C21H23NO6.C8H16O2.C7H14O5.C2H7NO/c1(2-4-6-8-10-30-44-52(46-32-18-12-19-33-46,47-34-20-13-21-35-47)48-36-22-14-23-37-48)3-5-7-9-11-31-45-53(49-38-24-15-25-39-49,50-40-26-16-27-41-50)51-42-28-17-29-43-51;25-3-6-29-9-12-32-15-18-33-16-13-30-10-7-27-4-1-2-5-28-8-11-31-14-17-34-19-20-35-21-22-36-23-24-37-26;23-20(24)14-27-12-11-26-10-9-22-21(25)28-13-19-17-7-3-1-5-15(17)16-6-2-4-8-18(16)19;1-5-6-7(9)10-8(2,3)4;1-10-2-3-11-4-5-12-6-7(8)9;3-1-2-4/h12-29,32-43H,1-11,30-31,44-45H2;25-26H,1-24H2;1-8,19H,9-14H2,(H,22,25)(H,23,24);5-6H2,1-4H3;2-6H2,1H3,(H,8,9);4H,1-3H2. The molecule has 0 bridgehead atoms. The Morgan fingerprint density at radius 1 is 0.326 bits per heavy atom. The second-order valence-electron chi connectivity index (χ2n) is 34.7. The van der Waals surface area contributed by atoms with Gasteiger partial charge >= 0.3 is 24.0 Å². The fourth-order valence-corrected chi connectivity index (χ4v) is 15.8. The highest BCUT2D eigenvalue weighted by Gasteiger charge is 2.37. The van der Waals surface area contributed by atoms with Crippen LogP contribution in [0.4, 0.5) is 4.79 Å². The van der Waals surface area contributed by atoms with E-state index in [1.807, 2.05) is 52.0 Å². The molecule has 0 aliphatic heterocycles. The van der Waals surface area contributed by atoms with Crippen molar-refractivity contribution in [1.29, 1.82) is 0 Å². The van der Waals surface area contributed by atoms with Crippen LogP contribution >= 0.6 is 0 Å². The summed E-state index contributed by atoms with van der Waals surface area (Å²) in [5, 5.41) is 43.7. The first-order valence-electron chi connectivity index (χ1n) is 51.4. The lowest BCUT2D eigenvalue weighted by atomic mass is 9.66. The Morgan fingerprint density at radius 2 is 0.590 bits per heavy atom. The molecule has 802 valence electrons. The first-order valence-corrected chi connectivity index (χ1v) is 51.4. The number of carbonyl (C=O) groups is 4. The molecule has 29 nitrogen and oxygen atoms in total. The number of esters is 1. The predicted molar refractivity (Wildman–Crippen MR) is 561 cm³/mol. The molecular weight excluding hydrogens is 1840 g/mol. The van der Waals surface area contributed by atoms with Crippen molar-refractivity contribution in [3.05, 3.63) is 275 Å². The molecule has 0 aromatic heterocycles. The number of nitrogens with two attached hydrogens (primary N) is 1. The molecule has 144 heavy (non-hydrogen) atoms. The minimum atomic E-state index is -1.02. The van der Waals surface area contributed by atoms with Crippen LogP contribution in [0.2, 0.25) is 0 Å². The Kier molecular flexibility index (Phi) is 76.5. The number of nitrogens with one attached hydrogen (secondary N) is 1. The Morgan fingerprint density at radius 3 is 0.868 bits per heavy atom. The third-order valence-electron chi connectivity index (χ3n) is 22.6. The monoisotopic (exact) mass is 2010 g/mol. The minimum Gasteiger partial charge on any atom is -0.480 e. The maximum absolute atomic E-state index is 12.0. The normalized spacial score (nSPS) is 11.5. The van der Waals surface area contributed by atoms with E-state index in [2.05, 4.69) is 216 Å². The zero-order chi connectivity index (χ0) is 104. The van der Waals surface area contributed by atoms with Crippen LogP contribution in [0.5, 0.6) is 0 Å². The molecule has 1 amide bonds. The van der Waals surface area contributed by atoms with Gasteiger partial charge in [-0.15, -0.1) is 0 Å². The maximum atomic E-state index is 12.0. The molecule has 8 aromatic carbocycles. The predicted octanol–water partition coefficient (Wildman–Crippen LogP) is 18.8. The number of fused-ring (bicyclic) bond motifs is 3. The van der Waals surface area contributed by atoms with Crippen molar-refractivity contribution in [2.45, 2.75) is 172 Å². The SMILES string of the molecule is CCCC(=O)OC(C)(C)C.COCCOCCOCC(=O)O.NCCO.O=C(O)COCCOCCNC(=O)OCC1c2ccccc2-c2ccccc21.OCCOCCOCCOCCOCCOCCCCOCCOCCOCCOCCOCCOO.c1ccc(C(CCCCCCCCCCCCCCCC(c2ccccc2)(c2ccccc2)c2ccccc2)(c2ccccc2)c2ccccc2)cc1. The summed E-state index contributed by atoms with van der Waals surface area (Å²) >= 11 is 0. The number of carboxylic acids is 2. The zero-order valence-corrected chi connectivity index (χ0v) is 86.5. The van der Waals surface area contributed by atoms with Crippen LogP contribution in [0.25, 0.3) is 11.1 Å². The zero-order valence-electron chi connectivity index (χ0n) is 86.5. The number of hydrogen-bond acceptors (Lipinski definition) is 26. The van der Waals surface area contributed by atoms with Gasteiger partial charge in [-0.05, 0) is 109 Å². The number of hydrogen-bond donors (Lipinski definition) is 7. The Bertz CT molecular complexity index is 3910. The summed E-state index contributed by atoms with van der Waals surface area (Å²) in [7, 11) is 1.59. The first-order chi connectivity index (χ1) is 70.6. The van der Waals surface area contributed by atoms with Crippen molar-refractivity contribution in [2.24, 2.45) is 5.73 Å². The molecule has 0 saturated heterocycles. The number of methoxy groups -OCH3 is 1. The number of aliphatic carboxylic acids is 2. The fraction of sp³-hybridized carbons (Fsp3) is 0.548. The van der Waals surface area contributed by atoms with E-state index >= 15 is 0 Å². The van der Waals surface area contributed by atoms with E-state index in [4.69, 9.17) is 112 Å². The molecule has 0 atom stereocenters. The number of amides is 1. The summed E-state index contributed by atoms with van der Waals surface area (Å²) in [6, 6.07) is 83.5. The van der Waals surface area contributed by atoms with Crippen molar-refractivity contribution in [2.75, 3.05) is 238 Å². The van der Waals surface area contributed by atoms with Crippen molar-refractivity contribution >= 4 is 24.0 Å². The largest absolute Gasteiger partial charge is 0.480 e. The van der Waals surface area contributed by atoms with Crippen molar-refractivity contribution in [1.82, 2.24) is 5.32 Å². The first kappa shape index (κ1) is 127. The average molecular weight is 2010 g/mol. The summed E-state index contributed by atoms with van der Waals surface area (Å²) in [5.74, 6) is -2.06. The molecule has 8 aromatic rings.